The normalized spacial score (nSPS) is 42.3. The third kappa shape index (κ3) is 5.86. The van der Waals surface area contributed by atoms with E-state index in [1.54, 1.807) is 0 Å². The van der Waals surface area contributed by atoms with Gasteiger partial charge in [-0.1, -0.05) is 52.4 Å². The van der Waals surface area contributed by atoms with Crippen molar-refractivity contribution in [1.29, 1.82) is 0 Å². The summed E-state index contributed by atoms with van der Waals surface area (Å²) in [4.78, 5) is 11.5. The van der Waals surface area contributed by atoms with E-state index >= 15 is 0 Å². The van der Waals surface area contributed by atoms with Gasteiger partial charge in [-0.05, 0) is 37.0 Å². The third-order valence-electron chi connectivity index (χ3n) is 6.20. The van der Waals surface area contributed by atoms with Crippen LogP contribution < -0.4 is 0 Å². The zero-order valence-corrected chi connectivity index (χ0v) is 15.0. The molecule has 2 atom stereocenters. The highest BCUT2D eigenvalue weighted by Gasteiger charge is 2.37. The molecule has 4 aliphatic rings. The van der Waals surface area contributed by atoms with Crippen LogP contribution in [0.4, 0.5) is 0 Å². The lowest BCUT2D eigenvalue weighted by molar-refractivity contribution is -0.125. The van der Waals surface area contributed by atoms with Crippen molar-refractivity contribution in [2.45, 2.75) is 83.8 Å². The molecule has 0 aromatic rings. The fraction of sp³-hybridized carbons (Fsp3) is 0.950. The zero-order valence-electron chi connectivity index (χ0n) is 15.0. The Balaban J connectivity index is 0.000000136. The first-order valence-corrected chi connectivity index (χ1v) is 9.88. The van der Waals surface area contributed by atoms with Crippen LogP contribution in [0, 0.1) is 23.7 Å². The van der Waals surface area contributed by atoms with Crippen molar-refractivity contribution >= 4 is 5.78 Å². The number of hydrogen-bond acceptors (Lipinski definition) is 3. The van der Waals surface area contributed by atoms with Gasteiger partial charge in [0, 0.05) is 5.92 Å². The summed E-state index contributed by atoms with van der Waals surface area (Å²) in [5.74, 6) is 3.52. The SMILES string of the molecule is CC1CCC(C(=O)C2CO2)CC1.CC1CCC(CC2CO2)CC1. The molecule has 2 saturated heterocycles. The van der Waals surface area contributed by atoms with Crippen molar-refractivity contribution in [3.63, 3.8) is 0 Å². The maximum Gasteiger partial charge on any atom is 0.166 e. The summed E-state index contributed by atoms with van der Waals surface area (Å²) in [5.41, 5.74) is 0. The topological polar surface area (TPSA) is 42.1 Å². The van der Waals surface area contributed by atoms with Crippen molar-refractivity contribution in [3.8, 4) is 0 Å². The standard InChI is InChI=1S/C10H16O2.C10H18O/c1-7-2-4-8(5-3-7)10(11)9-6-12-9;1-8-2-4-9(5-3-8)6-10-7-11-10/h7-9H,2-6H2,1H3;8-10H,2-7H2,1H3. The van der Waals surface area contributed by atoms with Gasteiger partial charge < -0.3 is 9.47 Å². The first kappa shape index (κ1) is 17.4. The summed E-state index contributed by atoms with van der Waals surface area (Å²) in [6.07, 6.45) is 12.5. The average molecular weight is 322 g/mol. The molecule has 0 aromatic heterocycles. The van der Waals surface area contributed by atoms with Crippen LogP contribution in [0.25, 0.3) is 0 Å². The Morgan fingerprint density at radius 2 is 1.35 bits per heavy atom. The van der Waals surface area contributed by atoms with Crippen LogP contribution in [0.1, 0.15) is 71.6 Å². The molecule has 0 bridgehead atoms. The number of carbonyl (C=O) groups excluding carboxylic acids is 1. The van der Waals surface area contributed by atoms with Crippen LogP contribution in [-0.4, -0.2) is 31.2 Å². The highest BCUT2D eigenvalue weighted by molar-refractivity contribution is 5.87. The molecule has 2 heterocycles. The van der Waals surface area contributed by atoms with E-state index in [2.05, 4.69) is 13.8 Å². The molecule has 4 rings (SSSR count). The predicted octanol–water partition coefficient (Wildman–Crippen LogP) is 4.38. The van der Waals surface area contributed by atoms with E-state index < -0.39 is 0 Å². The van der Waals surface area contributed by atoms with Gasteiger partial charge in [0.15, 0.2) is 5.78 Å². The van der Waals surface area contributed by atoms with Crippen molar-refractivity contribution in [2.24, 2.45) is 23.7 Å². The van der Waals surface area contributed by atoms with Crippen LogP contribution in [0.2, 0.25) is 0 Å². The lowest BCUT2D eigenvalue weighted by Crippen LogP contribution is -2.24. The quantitative estimate of drug-likeness (QED) is 0.721. The number of Topliss-reactive ketones (excluding diaryl/α,β-unsaturated/α-hetero) is 1. The van der Waals surface area contributed by atoms with Crippen molar-refractivity contribution in [3.05, 3.63) is 0 Å². The molecule has 3 nitrogen and oxygen atoms in total. The third-order valence-corrected chi connectivity index (χ3v) is 6.20. The van der Waals surface area contributed by atoms with Crippen LogP contribution in [0.3, 0.4) is 0 Å². The van der Waals surface area contributed by atoms with Crippen LogP contribution in [-0.2, 0) is 14.3 Å². The zero-order chi connectivity index (χ0) is 16.2. The molecular formula is C20H34O3. The molecule has 2 unspecified atom stereocenters. The Kier molecular flexibility index (Phi) is 6.14. The van der Waals surface area contributed by atoms with Gasteiger partial charge in [0.1, 0.15) is 6.10 Å². The lowest BCUT2D eigenvalue weighted by atomic mass is 9.80. The minimum absolute atomic E-state index is 0.0107. The van der Waals surface area contributed by atoms with Gasteiger partial charge >= 0.3 is 0 Å². The minimum Gasteiger partial charge on any atom is -0.373 e. The molecule has 4 fully saturated rings. The minimum atomic E-state index is -0.0107. The maximum absolute atomic E-state index is 11.5. The summed E-state index contributed by atoms with van der Waals surface area (Å²) >= 11 is 0. The number of epoxide rings is 2. The van der Waals surface area contributed by atoms with Crippen LogP contribution >= 0.6 is 0 Å². The van der Waals surface area contributed by atoms with E-state index in [1.807, 2.05) is 0 Å². The first-order valence-electron chi connectivity index (χ1n) is 9.88. The molecule has 0 amide bonds. The van der Waals surface area contributed by atoms with E-state index in [-0.39, 0.29) is 6.10 Å². The fourth-order valence-electron chi connectivity index (χ4n) is 4.16. The van der Waals surface area contributed by atoms with Crippen LogP contribution in [0.15, 0.2) is 0 Å². The second kappa shape index (κ2) is 8.11. The summed E-state index contributed by atoms with van der Waals surface area (Å²) < 4.78 is 10.2. The van der Waals surface area contributed by atoms with Gasteiger partial charge in [0.05, 0.1) is 19.3 Å². The van der Waals surface area contributed by atoms with Crippen molar-refractivity contribution in [2.75, 3.05) is 13.2 Å². The van der Waals surface area contributed by atoms with E-state index in [0.717, 1.165) is 37.2 Å². The molecule has 0 aromatic carbocycles. The summed E-state index contributed by atoms with van der Waals surface area (Å²) in [6.45, 7) is 6.38. The largest absolute Gasteiger partial charge is 0.373 e. The number of rotatable bonds is 4. The Hall–Kier alpha value is -0.410. The predicted molar refractivity (Wildman–Crippen MR) is 91.3 cm³/mol. The molecular weight excluding hydrogens is 288 g/mol. The van der Waals surface area contributed by atoms with Gasteiger partial charge in [0.2, 0.25) is 0 Å². The molecule has 0 N–H and O–H groups in total. The van der Waals surface area contributed by atoms with Gasteiger partial charge in [-0.25, -0.2) is 0 Å². The molecule has 2 saturated carbocycles. The second-order valence-electron chi connectivity index (χ2n) is 8.50. The van der Waals surface area contributed by atoms with Crippen molar-refractivity contribution < 1.29 is 14.3 Å². The van der Waals surface area contributed by atoms with Crippen LogP contribution in [0.5, 0.6) is 0 Å². The molecule has 132 valence electrons. The number of hydrogen-bond donors (Lipinski definition) is 0. The Morgan fingerprint density at radius 1 is 0.826 bits per heavy atom. The number of ether oxygens (including phenoxy) is 2. The van der Waals surface area contributed by atoms with E-state index in [9.17, 15) is 4.79 Å². The smallest absolute Gasteiger partial charge is 0.166 e. The fourth-order valence-corrected chi connectivity index (χ4v) is 4.16. The van der Waals surface area contributed by atoms with Gasteiger partial charge in [0.25, 0.3) is 0 Å². The van der Waals surface area contributed by atoms with Crippen molar-refractivity contribution in [1.82, 2.24) is 0 Å². The molecule has 0 radical (unpaired) electrons. The number of carbonyl (C=O) groups is 1. The van der Waals surface area contributed by atoms with E-state index in [4.69, 9.17) is 9.47 Å². The highest BCUT2D eigenvalue weighted by atomic mass is 16.6. The average Bonchev–Trinajstić information content (AvgIpc) is 3.45. The summed E-state index contributed by atoms with van der Waals surface area (Å²) in [7, 11) is 0. The van der Waals surface area contributed by atoms with E-state index in [0.29, 0.717) is 24.4 Å². The first-order chi connectivity index (χ1) is 11.1. The van der Waals surface area contributed by atoms with Gasteiger partial charge in [-0.3, -0.25) is 4.79 Å². The van der Waals surface area contributed by atoms with Gasteiger partial charge in [-0.15, -0.1) is 0 Å². The summed E-state index contributed by atoms with van der Waals surface area (Å²) in [5, 5.41) is 0. The molecule has 3 heteroatoms. The van der Waals surface area contributed by atoms with E-state index in [1.165, 1.54) is 44.9 Å². The summed E-state index contributed by atoms with van der Waals surface area (Å²) in [6, 6.07) is 0. The monoisotopic (exact) mass is 322 g/mol. The maximum atomic E-state index is 11.5. The Bertz CT molecular complexity index is 370. The van der Waals surface area contributed by atoms with Gasteiger partial charge in [-0.2, -0.15) is 0 Å². The molecule has 2 aliphatic carbocycles. The highest BCUT2D eigenvalue weighted by Crippen LogP contribution is 2.34. The molecule has 2 aliphatic heterocycles. The Morgan fingerprint density at radius 3 is 1.83 bits per heavy atom. The molecule has 0 spiro atoms. The molecule has 23 heavy (non-hydrogen) atoms. The second-order valence-corrected chi connectivity index (χ2v) is 8.50. The lowest BCUT2D eigenvalue weighted by Gasteiger charge is -2.25. The Labute approximate surface area is 141 Å². The number of ketones is 1.